The average Bonchev–Trinajstić information content (AvgIpc) is 2.79. The van der Waals surface area contributed by atoms with E-state index in [-0.39, 0.29) is 42.7 Å². The summed E-state index contributed by atoms with van der Waals surface area (Å²) in [4.78, 5) is 39.0. The van der Waals surface area contributed by atoms with E-state index in [1.165, 1.54) is 0 Å². The predicted molar refractivity (Wildman–Crippen MR) is 121 cm³/mol. The molecule has 3 rings (SSSR count). The lowest BCUT2D eigenvalue weighted by Crippen LogP contribution is -2.54. The SMILES string of the molecule is CCCNC(=O)C[C@@H]1CC[C@H]2[C@@H](COc3ccc(NC(=O)NCCC)cc3C(=O)N2C)O1. The lowest BCUT2D eigenvalue weighted by molar-refractivity contribution is -0.134. The minimum absolute atomic E-state index is 0.0140. The first-order valence-corrected chi connectivity index (χ1v) is 11.4. The molecule has 2 heterocycles. The third-order valence-electron chi connectivity index (χ3n) is 5.79. The van der Waals surface area contributed by atoms with Gasteiger partial charge in [0.1, 0.15) is 18.5 Å². The van der Waals surface area contributed by atoms with Gasteiger partial charge in [0.25, 0.3) is 5.91 Å². The van der Waals surface area contributed by atoms with Crippen molar-refractivity contribution in [2.24, 2.45) is 0 Å². The van der Waals surface area contributed by atoms with Crippen LogP contribution in [0.3, 0.4) is 0 Å². The van der Waals surface area contributed by atoms with E-state index in [1.807, 2.05) is 13.8 Å². The molecule has 9 heteroatoms. The molecule has 1 saturated heterocycles. The second-order valence-electron chi connectivity index (χ2n) is 8.31. The summed E-state index contributed by atoms with van der Waals surface area (Å²) < 4.78 is 12.1. The minimum atomic E-state index is -0.313. The fraction of sp³-hybridized carbons (Fsp3) is 0.609. The van der Waals surface area contributed by atoms with E-state index in [0.29, 0.717) is 42.9 Å². The number of fused-ring (bicyclic) bond motifs is 2. The number of hydrogen-bond acceptors (Lipinski definition) is 5. The highest BCUT2D eigenvalue weighted by Gasteiger charge is 2.39. The number of hydrogen-bond donors (Lipinski definition) is 3. The lowest BCUT2D eigenvalue weighted by atomic mass is 9.94. The molecule has 0 spiro atoms. The zero-order chi connectivity index (χ0) is 23.1. The largest absolute Gasteiger partial charge is 0.490 e. The first-order valence-electron chi connectivity index (χ1n) is 11.4. The molecule has 32 heavy (non-hydrogen) atoms. The van der Waals surface area contributed by atoms with Crippen LogP contribution in [0.25, 0.3) is 0 Å². The van der Waals surface area contributed by atoms with Gasteiger partial charge in [-0.1, -0.05) is 13.8 Å². The Labute approximate surface area is 189 Å². The predicted octanol–water partition coefficient (Wildman–Crippen LogP) is 2.51. The number of nitrogens with one attached hydrogen (secondary N) is 3. The molecule has 0 saturated carbocycles. The molecule has 2 aliphatic heterocycles. The van der Waals surface area contributed by atoms with Gasteiger partial charge in [-0.15, -0.1) is 0 Å². The number of amides is 4. The summed E-state index contributed by atoms with van der Waals surface area (Å²) in [6.45, 7) is 5.51. The van der Waals surface area contributed by atoms with E-state index in [1.54, 1.807) is 30.1 Å². The van der Waals surface area contributed by atoms with Crippen molar-refractivity contribution in [3.8, 4) is 5.75 Å². The van der Waals surface area contributed by atoms with Crippen LogP contribution in [-0.4, -0.2) is 67.7 Å². The van der Waals surface area contributed by atoms with Crippen molar-refractivity contribution in [3.05, 3.63) is 23.8 Å². The van der Waals surface area contributed by atoms with Gasteiger partial charge < -0.3 is 30.3 Å². The molecule has 1 aromatic carbocycles. The molecule has 0 bridgehead atoms. The molecule has 176 valence electrons. The van der Waals surface area contributed by atoms with Gasteiger partial charge in [-0.25, -0.2) is 4.79 Å². The number of carbonyl (C=O) groups excluding carboxylic acids is 3. The van der Waals surface area contributed by atoms with Crippen LogP contribution in [0.15, 0.2) is 18.2 Å². The molecular formula is C23H34N4O5. The Hall–Kier alpha value is -2.81. The van der Waals surface area contributed by atoms with Gasteiger partial charge in [0.15, 0.2) is 0 Å². The summed E-state index contributed by atoms with van der Waals surface area (Å²) in [5, 5.41) is 8.39. The average molecular weight is 447 g/mol. The third-order valence-corrected chi connectivity index (χ3v) is 5.79. The molecule has 4 amide bonds. The van der Waals surface area contributed by atoms with Crippen LogP contribution in [-0.2, 0) is 9.53 Å². The zero-order valence-corrected chi connectivity index (χ0v) is 19.1. The van der Waals surface area contributed by atoms with Gasteiger partial charge >= 0.3 is 6.03 Å². The maximum absolute atomic E-state index is 13.2. The molecule has 0 aliphatic carbocycles. The maximum atomic E-state index is 13.2. The molecule has 3 atom stereocenters. The number of likely N-dealkylation sites (N-methyl/N-ethyl adjacent to an activating group) is 1. The highest BCUT2D eigenvalue weighted by molar-refractivity contribution is 5.99. The van der Waals surface area contributed by atoms with Crippen LogP contribution >= 0.6 is 0 Å². The Morgan fingerprint density at radius 1 is 1.12 bits per heavy atom. The Kier molecular flexibility index (Phi) is 8.33. The zero-order valence-electron chi connectivity index (χ0n) is 19.1. The highest BCUT2D eigenvalue weighted by atomic mass is 16.5. The van der Waals surface area contributed by atoms with E-state index in [9.17, 15) is 14.4 Å². The number of anilines is 1. The van der Waals surface area contributed by atoms with Crippen molar-refractivity contribution in [2.75, 3.05) is 32.1 Å². The summed E-state index contributed by atoms with van der Waals surface area (Å²) in [6.07, 6.45) is 2.97. The smallest absolute Gasteiger partial charge is 0.319 e. The monoisotopic (exact) mass is 446 g/mol. The summed E-state index contributed by atoms with van der Waals surface area (Å²) in [6, 6.07) is 4.59. The molecule has 1 fully saturated rings. The van der Waals surface area contributed by atoms with E-state index in [2.05, 4.69) is 16.0 Å². The molecule has 0 unspecified atom stereocenters. The van der Waals surface area contributed by atoms with Crippen molar-refractivity contribution in [1.82, 2.24) is 15.5 Å². The summed E-state index contributed by atoms with van der Waals surface area (Å²) in [5.74, 6) is 0.251. The van der Waals surface area contributed by atoms with E-state index in [0.717, 1.165) is 19.3 Å². The van der Waals surface area contributed by atoms with Crippen LogP contribution < -0.4 is 20.7 Å². The maximum Gasteiger partial charge on any atom is 0.319 e. The first kappa shape index (κ1) is 23.8. The van der Waals surface area contributed by atoms with Crippen LogP contribution in [0.1, 0.15) is 56.3 Å². The number of urea groups is 1. The number of ether oxygens (including phenoxy) is 2. The molecule has 9 nitrogen and oxygen atoms in total. The number of nitrogens with zero attached hydrogens (tertiary/aromatic N) is 1. The molecule has 1 aromatic rings. The minimum Gasteiger partial charge on any atom is -0.490 e. The molecule has 0 radical (unpaired) electrons. The van der Waals surface area contributed by atoms with Crippen LogP contribution in [0, 0.1) is 0 Å². The summed E-state index contributed by atoms with van der Waals surface area (Å²) in [5.41, 5.74) is 0.929. The second-order valence-corrected chi connectivity index (χ2v) is 8.31. The number of rotatable bonds is 7. The van der Waals surface area contributed by atoms with Gasteiger partial charge in [-0.3, -0.25) is 9.59 Å². The Bertz CT molecular complexity index is 831. The highest BCUT2D eigenvalue weighted by Crippen LogP contribution is 2.32. The van der Waals surface area contributed by atoms with Gasteiger partial charge in [-0.2, -0.15) is 0 Å². The third kappa shape index (κ3) is 5.91. The second kappa shape index (κ2) is 11.2. The van der Waals surface area contributed by atoms with Crippen molar-refractivity contribution < 1.29 is 23.9 Å². The van der Waals surface area contributed by atoms with Gasteiger partial charge in [0.2, 0.25) is 5.91 Å². The lowest BCUT2D eigenvalue weighted by Gasteiger charge is -2.42. The van der Waals surface area contributed by atoms with Crippen LogP contribution in [0.2, 0.25) is 0 Å². The quantitative estimate of drug-likeness (QED) is 0.596. The van der Waals surface area contributed by atoms with E-state index in [4.69, 9.17) is 9.47 Å². The summed E-state index contributed by atoms with van der Waals surface area (Å²) in [7, 11) is 1.76. The standard InChI is InChI=1S/C23H34N4O5/c1-4-10-24-21(28)13-16-7-8-18-20(32-16)14-31-19-9-6-15(26-23(30)25-11-5-2)12-17(19)22(29)27(18)3/h6,9,12,16,18,20H,4-5,7-8,10-11,13-14H2,1-3H3,(H,24,28)(H2,25,26,30)/t16-,18-,20+/m0/s1. The molecule has 0 aromatic heterocycles. The fourth-order valence-electron chi connectivity index (χ4n) is 4.06. The fourth-order valence-corrected chi connectivity index (χ4v) is 4.06. The summed E-state index contributed by atoms with van der Waals surface area (Å²) >= 11 is 0. The van der Waals surface area contributed by atoms with Gasteiger partial charge in [0.05, 0.1) is 24.1 Å². The Morgan fingerprint density at radius 3 is 2.62 bits per heavy atom. The van der Waals surface area contributed by atoms with Crippen molar-refractivity contribution in [3.63, 3.8) is 0 Å². The molecule has 2 aliphatic rings. The van der Waals surface area contributed by atoms with Crippen molar-refractivity contribution in [2.45, 2.75) is 64.2 Å². The first-order chi connectivity index (χ1) is 15.4. The Balaban J connectivity index is 1.69. The Morgan fingerprint density at radius 2 is 1.88 bits per heavy atom. The molecular weight excluding hydrogens is 412 g/mol. The van der Waals surface area contributed by atoms with Gasteiger partial charge in [-0.05, 0) is 43.9 Å². The van der Waals surface area contributed by atoms with Crippen LogP contribution in [0.5, 0.6) is 5.75 Å². The van der Waals surface area contributed by atoms with E-state index < -0.39 is 0 Å². The van der Waals surface area contributed by atoms with E-state index >= 15 is 0 Å². The van der Waals surface area contributed by atoms with Gasteiger partial charge in [0, 0.05) is 25.8 Å². The normalized spacial score (nSPS) is 22.5. The number of benzene rings is 1. The van der Waals surface area contributed by atoms with Crippen molar-refractivity contribution >= 4 is 23.5 Å². The number of carbonyl (C=O) groups is 3. The van der Waals surface area contributed by atoms with Crippen LogP contribution in [0.4, 0.5) is 10.5 Å². The van der Waals surface area contributed by atoms with Crippen molar-refractivity contribution in [1.29, 1.82) is 0 Å². The topological polar surface area (TPSA) is 109 Å². The molecule has 3 N–H and O–H groups in total.